The van der Waals surface area contributed by atoms with E-state index in [4.69, 9.17) is 4.74 Å². The number of aryl methyl sites for hydroxylation is 1. The Labute approximate surface area is 224 Å². The number of methoxy groups -OCH3 is 1. The zero-order chi connectivity index (χ0) is 28.3. The maximum atomic E-state index is 13.9. The van der Waals surface area contributed by atoms with Crippen LogP contribution in [0.3, 0.4) is 0 Å². The lowest BCUT2D eigenvalue weighted by Crippen LogP contribution is -2.47. The second-order valence-electron chi connectivity index (χ2n) is 9.05. The first-order valence-electron chi connectivity index (χ1n) is 11.9. The Hall–Kier alpha value is -4.58. The molecular formula is C27H25N3O8S. The van der Waals surface area contributed by atoms with Crippen molar-refractivity contribution in [3.8, 4) is 11.1 Å². The van der Waals surface area contributed by atoms with Crippen molar-refractivity contribution >= 4 is 33.3 Å². The van der Waals surface area contributed by atoms with E-state index >= 15 is 0 Å². The average Bonchev–Trinajstić information content (AvgIpc) is 2.90. The molecule has 0 fully saturated rings. The Morgan fingerprint density at radius 3 is 2.41 bits per heavy atom. The van der Waals surface area contributed by atoms with Crippen LogP contribution in [0.4, 0.5) is 5.69 Å². The number of carbonyl (C=O) groups excluding carboxylic acids is 3. The van der Waals surface area contributed by atoms with Crippen molar-refractivity contribution in [2.24, 2.45) is 0 Å². The summed E-state index contributed by atoms with van der Waals surface area (Å²) in [5, 5.41) is 16.1. The number of nitrogens with one attached hydrogen (secondary N) is 2. The number of fused-ring (bicyclic) bond motifs is 5. The molecule has 12 heteroatoms. The van der Waals surface area contributed by atoms with Crippen LogP contribution in [0.15, 0.2) is 70.5 Å². The van der Waals surface area contributed by atoms with E-state index in [1.807, 2.05) is 0 Å². The molecule has 3 aromatic rings. The molecule has 1 aliphatic heterocycles. The summed E-state index contributed by atoms with van der Waals surface area (Å²) in [4.78, 5) is 47.7. The highest BCUT2D eigenvalue weighted by molar-refractivity contribution is 7.91. The SMILES string of the molecule is COC(=O)C1Cc2cc(C)c(S(=O)(=O)c3ccc([N+](=O)[O-])cc3)c(c2)-c2cccc(c2)CC(=O)NCC(=O)N1. The smallest absolute Gasteiger partial charge is 0.328 e. The fourth-order valence-electron chi connectivity index (χ4n) is 4.49. The molecule has 39 heavy (non-hydrogen) atoms. The fraction of sp³-hybridized carbons (Fsp3) is 0.222. The van der Waals surface area contributed by atoms with Gasteiger partial charge in [0.05, 0.1) is 34.8 Å². The number of benzene rings is 3. The number of sulfone groups is 1. The number of hydrogen-bond acceptors (Lipinski definition) is 8. The van der Waals surface area contributed by atoms with Gasteiger partial charge in [0.1, 0.15) is 6.04 Å². The van der Waals surface area contributed by atoms with Gasteiger partial charge in [0, 0.05) is 24.1 Å². The minimum absolute atomic E-state index is 0.00223. The molecule has 0 aromatic heterocycles. The van der Waals surface area contributed by atoms with Crippen molar-refractivity contribution in [2.45, 2.75) is 35.6 Å². The molecule has 11 nitrogen and oxygen atoms in total. The van der Waals surface area contributed by atoms with E-state index in [-0.39, 0.29) is 34.9 Å². The van der Waals surface area contributed by atoms with Crippen LogP contribution in [0, 0.1) is 17.0 Å². The van der Waals surface area contributed by atoms with Gasteiger partial charge >= 0.3 is 5.97 Å². The van der Waals surface area contributed by atoms with Crippen molar-refractivity contribution in [3.63, 3.8) is 0 Å². The Morgan fingerprint density at radius 1 is 1.03 bits per heavy atom. The van der Waals surface area contributed by atoms with E-state index in [2.05, 4.69) is 10.6 Å². The number of nitro benzene ring substituents is 1. The molecule has 0 saturated carbocycles. The van der Waals surface area contributed by atoms with E-state index in [0.717, 1.165) is 12.1 Å². The topological polar surface area (TPSA) is 162 Å². The van der Waals surface area contributed by atoms with Crippen molar-refractivity contribution < 1.29 is 32.5 Å². The lowest BCUT2D eigenvalue weighted by molar-refractivity contribution is -0.384. The zero-order valence-corrected chi connectivity index (χ0v) is 21.9. The van der Waals surface area contributed by atoms with Crippen LogP contribution in [0.1, 0.15) is 16.7 Å². The van der Waals surface area contributed by atoms with Crippen LogP contribution in [-0.2, 0) is 41.8 Å². The summed E-state index contributed by atoms with van der Waals surface area (Å²) in [6, 6.07) is 13.6. The molecule has 1 aliphatic rings. The van der Waals surface area contributed by atoms with Gasteiger partial charge < -0.3 is 15.4 Å². The third-order valence-electron chi connectivity index (χ3n) is 6.27. The highest BCUT2D eigenvalue weighted by Crippen LogP contribution is 2.36. The fourth-order valence-corrected chi connectivity index (χ4v) is 6.17. The monoisotopic (exact) mass is 551 g/mol. The predicted molar refractivity (Wildman–Crippen MR) is 140 cm³/mol. The van der Waals surface area contributed by atoms with Crippen LogP contribution in [-0.4, -0.2) is 50.8 Å². The summed E-state index contributed by atoms with van der Waals surface area (Å²) in [6.07, 6.45) is -0.0671. The first-order valence-corrected chi connectivity index (χ1v) is 13.3. The van der Waals surface area contributed by atoms with Crippen LogP contribution in [0.25, 0.3) is 11.1 Å². The predicted octanol–water partition coefficient (Wildman–Crippen LogP) is 2.28. The third kappa shape index (κ3) is 5.96. The first kappa shape index (κ1) is 27.5. The van der Waals surface area contributed by atoms with Crippen molar-refractivity contribution in [3.05, 3.63) is 87.5 Å². The van der Waals surface area contributed by atoms with Crippen molar-refractivity contribution in [1.29, 1.82) is 0 Å². The largest absolute Gasteiger partial charge is 0.467 e. The summed E-state index contributed by atoms with van der Waals surface area (Å²) in [6.45, 7) is 1.28. The molecule has 4 rings (SSSR count). The van der Waals surface area contributed by atoms with Crippen LogP contribution in [0.5, 0.6) is 0 Å². The Balaban J connectivity index is 1.93. The van der Waals surface area contributed by atoms with Gasteiger partial charge in [0.2, 0.25) is 21.7 Å². The highest BCUT2D eigenvalue weighted by atomic mass is 32.2. The Morgan fingerprint density at radius 2 is 1.74 bits per heavy atom. The standard InChI is InChI=1S/C27H25N3O8S/c1-16-10-18-12-22(26(16)39(36,37)21-8-6-20(7-9-21)30(34)35)19-5-3-4-17(11-19)14-24(31)28-15-25(32)29-23(13-18)27(33)38-2/h3-12,23H,13-15H2,1-2H3,(H,28,31)(H,29,32). The number of ether oxygens (including phenoxy) is 1. The minimum Gasteiger partial charge on any atom is -0.467 e. The number of nitrogens with zero attached hydrogens (tertiary/aromatic N) is 1. The summed E-state index contributed by atoms with van der Waals surface area (Å²) in [5.74, 6) is -1.72. The average molecular weight is 552 g/mol. The number of carbonyl (C=O) groups is 3. The lowest BCUT2D eigenvalue weighted by Gasteiger charge is -2.21. The number of non-ortho nitro benzene ring substituents is 1. The van der Waals surface area contributed by atoms with E-state index in [9.17, 15) is 32.9 Å². The van der Waals surface area contributed by atoms with Gasteiger partial charge in [-0.1, -0.05) is 30.3 Å². The molecule has 0 saturated heterocycles. The number of nitro groups is 1. The first-order chi connectivity index (χ1) is 18.5. The molecular weight excluding hydrogens is 526 g/mol. The highest BCUT2D eigenvalue weighted by Gasteiger charge is 2.28. The molecule has 1 atom stereocenters. The molecule has 3 aromatic carbocycles. The normalized spacial score (nSPS) is 15.9. The molecule has 1 unspecified atom stereocenters. The number of rotatable bonds is 4. The van der Waals surface area contributed by atoms with E-state index in [1.54, 1.807) is 43.3 Å². The molecule has 0 radical (unpaired) electrons. The Bertz CT molecular complexity index is 1580. The van der Waals surface area contributed by atoms with Gasteiger partial charge in [0.25, 0.3) is 5.69 Å². The number of hydrogen-bond donors (Lipinski definition) is 2. The Kier molecular flexibility index (Phi) is 7.77. The third-order valence-corrected chi connectivity index (χ3v) is 8.24. The van der Waals surface area contributed by atoms with Crippen molar-refractivity contribution in [2.75, 3.05) is 13.7 Å². The van der Waals surface area contributed by atoms with Gasteiger partial charge in [-0.05, 0) is 47.4 Å². The molecule has 2 amide bonds. The summed E-state index contributed by atoms with van der Waals surface area (Å²) in [7, 11) is -2.98. The summed E-state index contributed by atoms with van der Waals surface area (Å²) in [5.41, 5.74) is 2.11. The molecule has 202 valence electrons. The van der Waals surface area contributed by atoms with E-state index < -0.39 is 38.6 Å². The van der Waals surface area contributed by atoms with Gasteiger partial charge in [-0.15, -0.1) is 0 Å². The van der Waals surface area contributed by atoms with Gasteiger partial charge in [-0.3, -0.25) is 19.7 Å². The lowest BCUT2D eigenvalue weighted by atomic mass is 9.95. The second kappa shape index (κ2) is 11.0. The van der Waals surface area contributed by atoms with Gasteiger partial charge in [0.15, 0.2) is 0 Å². The van der Waals surface area contributed by atoms with Crippen LogP contribution < -0.4 is 10.6 Å². The summed E-state index contributed by atoms with van der Waals surface area (Å²) >= 11 is 0. The molecule has 0 aliphatic carbocycles. The van der Waals surface area contributed by atoms with Crippen LogP contribution in [0.2, 0.25) is 0 Å². The maximum Gasteiger partial charge on any atom is 0.328 e. The molecule has 2 N–H and O–H groups in total. The van der Waals surface area contributed by atoms with E-state index in [1.165, 1.54) is 19.2 Å². The van der Waals surface area contributed by atoms with Gasteiger partial charge in [-0.2, -0.15) is 0 Å². The quantitative estimate of drug-likeness (QED) is 0.284. The van der Waals surface area contributed by atoms with E-state index in [0.29, 0.717) is 27.8 Å². The zero-order valence-electron chi connectivity index (χ0n) is 21.1. The summed E-state index contributed by atoms with van der Waals surface area (Å²) < 4.78 is 32.6. The molecule has 0 spiro atoms. The van der Waals surface area contributed by atoms with Gasteiger partial charge in [-0.25, -0.2) is 13.2 Å². The maximum absolute atomic E-state index is 13.9. The molecule has 4 bridgehead atoms. The van der Waals surface area contributed by atoms with Crippen LogP contribution >= 0.6 is 0 Å². The second-order valence-corrected chi connectivity index (χ2v) is 10.9. The minimum atomic E-state index is -4.16. The number of esters is 1. The number of amides is 2. The molecule has 1 heterocycles. The van der Waals surface area contributed by atoms with Crippen molar-refractivity contribution in [1.82, 2.24) is 10.6 Å².